The fraction of sp³-hybridized carbons (Fsp3) is 0.188. The molecule has 10 nitrogen and oxygen atoms in total. The van der Waals surface area contributed by atoms with E-state index in [1.54, 1.807) is 41.3 Å². The molecule has 0 spiro atoms. The maximum atomic E-state index is 13.4. The number of nitrogens with one attached hydrogen (secondary N) is 2. The van der Waals surface area contributed by atoms with Gasteiger partial charge in [-0.15, -0.1) is 5.10 Å². The van der Waals surface area contributed by atoms with Gasteiger partial charge in [-0.25, -0.2) is 9.67 Å². The lowest BCUT2D eigenvalue weighted by Crippen LogP contribution is -2.39. The summed E-state index contributed by atoms with van der Waals surface area (Å²) in [6, 6.07) is 20.8. The van der Waals surface area contributed by atoms with Crippen LogP contribution in [0.1, 0.15) is 51.2 Å². The predicted molar refractivity (Wildman–Crippen MR) is 167 cm³/mol. The van der Waals surface area contributed by atoms with Gasteiger partial charge in [0.1, 0.15) is 11.7 Å². The summed E-state index contributed by atoms with van der Waals surface area (Å²) in [6.07, 6.45) is 3.33. The van der Waals surface area contributed by atoms with E-state index in [4.69, 9.17) is 28.2 Å². The quantitative estimate of drug-likeness (QED) is 0.258. The van der Waals surface area contributed by atoms with Gasteiger partial charge in [-0.05, 0) is 49.2 Å². The third-order valence-electron chi connectivity index (χ3n) is 8.09. The van der Waals surface area contributed by atoms with Crippen LogP contribution in [-0.2, 0) is 4.79 Å². The third-order valence-corrected chi connectivity index (χ3v) is 8.90. The van der Waals surface area contributed by atoms with E-state index in [1.807, 2.05) is 47.3 Å². The Balaban J connectivity index is 0.994. The molecule has 5 aromatic rings. The number of amides is 3. The van der Waals surface area contributed by atoms with E-state index in [2.05, 4.69) is 20.9 Å². The van der Waals surface area contributed by atoms with E-state index in [9.17, 15) is 14.4 Å². The van der Waals surface area contributed by atoms with Crippen LogP contribution in [0, 0.1) is 0 Å². The van der Waals surface area contributed by atoms with Crippen molar-refractivity contribution < 1.29 is 14.4 Å². The molecule has 3 amide bonds. The lowest BCUT2D eigenvalue weighted by Gasteiger charge is -2.32. The molecule has 2 aliphatic heterocycles. The van der Waals surface area contributed by atoms with Gasteiger partial charge in [0.15, 0.2) is 0 Å². The summed E-state index contributed by atoms with van der Waals surface area (Å²) >= 11 is 12.3. The van der Waals surface area contributed by atoms with Crippen molar-refractivity contribution in [3.63, 3.8) is 0 Å². The molecule has 7 rings (SSSR count). The first-order chi connectivity index (χ1) is 21.4. The number of hydrogen-bond acceptors (Lipinski definition) is 6. The highest BCUT2D eigenvalue weighted by Gasteiger charge is 2.34. The first-order valence-corrected chi connectivity index (χ1v) is 14.9. The summed E-state index contributed by atoms with van der Waals surface area (Å²) < 4.78 is 1.86. The van der Waals surface area contributed by atoms with Gasteiger partial charge in [-0.1, -0.05) is 64.8 Å². The summed E-state index contributed by atoms with van der Waals surface area (Å²) in [5, 5.41) is 15.7. The largest absolute Gasteiger partial charge is 0.338 e. The highest BCUT2D eigenvalue weighted by atomic mass is 35.5. The topological polar surface area (TPSA) is 122 Å². The molecule has 0 saturated carbocycles. The van der Waals surface area contributed by atoms with Crippen LogP contribution in [0.5, 0.6) is 0 Å². The number of para-hydroxylation sites is 1. The van der Waals surface area contributed by atoms with Gasteiger partial charge in [0.05, 0.1) is 39.2 Å². The van der Waals surface area contributed by atoms with Gasteiger partial charge < -0.3 is 15.5 Å². The number of pyridine rings is 1. The zero-order valence-electron chi connectivity index (χ0n) is 23.2. The highest BCUT2D eigenvalue weighted by molar-refractivity contribution is 6.44. The van der Waals surface area contributed by atoms with E-state index in [0.29, 0.717) is 53.5 Å². The van der Waals surface area contributed by atoms with Crippen LogP contribution in [-0.4, -0.2) is 55.7 Å². The van der Waals surface area contributed by atoms with Crippen LogP contribution in [0.3, 0.4) is 0 Å². The molecule has 0 radical (unpaired) electrons. The summed E-state index contributed by atoms with van der Waals surface area (Å²) in [5.74, 6) is -1.07. The average molecular weight is 627 g/mol. The zero-order chi connectivity index (χ0) is 30.4. The minimum absolute atomic E-state index is 0.0988. The molecule has 3 aromatic carbocycles. The van der Waals surface area contributed by atoms with E-state index in [-0.39, 0.29) is 22.5 Å². The molecule has 44 heavy (non-hydrogen) atoms. The monoisotopic (exact) mass is 625 g/mol. The molecule has 1 fully saturated rings. The number of anilines is 1. The van der Waals surface area contributed by atoms with Crippen molar-refractivity contribution in [3.8, 4) is 11.4 Å². The third kappa shape index (κ3) is 5.16. The Bertz CT molecular complexity index is 1950. The Morgan fingerprint density at radius 3 is 2.55 bits per heavy atom. The summed E-state index contributed by atoms with van der Waals surface area (Å²) in [7, 11) is 0. The van der Waals surface area contributed by atoms with Crippen LogP contribution < -0.4 is 10.6 Å². The second-order valence-electron chi connectivity index (χ2n) is 10.8. The lowest BCUT2D eigenvalue weighted by molar-refractivity contribution is -0.117. The number of aromatic nitrogens is 4. The number of piperidine rings is 1. The standard InChI is InChI=1S/C32H25Cl2N7O3/c33-23-10-9-22-28(27(23)34)36-31(43)29(22)37-30(42)19-5-3-6-20(16-19)32(44)40-14-12-21(13-15-40)41-17-26(38-39-41)25-11-8-18-4-1-2-7-24(18)35-25/h1-11,16-17,21,29H,12-15H2,(H,36,43)(H,37,42). The fourth-order valence-electron chi connectivity index (χ4n) is 5.72. The SMILES string of the molecule is O=C(NC1C(=O)Nc2c1ccc(Cl)c2Cl)c1cccc(C(=O)N2CCC(n3cc(-c4ccc5ccccc5n4)nn3)CC2)c1. The van der Waals surface area contributed by atoms with Crippen molar-refractivity contribution in [2.24, 2.45) is 0 Å². The number of fused-ring (bicyclic) bond motifs is 2. The van der Waals surface area contributed by atoms with Crippen LogP contribution in [0.15, 0.2) is 79.0 Å². The molecule has 1 saturated heterocycles. The molecule has 1 unspecified atom stereocenters. The van der Waals surface area contributed by atoms with Gasteiger partial charge in [0.25, 0.3) is 17.7 Å². The van der Waals surface area contributed by atoms with E-state index >= 15 is 0 Å². The smallest absolute Gasteiger partial charge is 0.253 e. The minimum Gasteiger partial charge on any atom is -0.338 e. The fourth-order valence-corrected chi connectivity index (χ4v) is 6.10. The number of likely N-dealkylation sites (tertiary alicyclic amines) is 1. The molecule has 1 atom stereocenters. The second-order valence-corrected chi connectivity index (χ2v) is 11.6. The number of rotatable bonds is 5. The number of halogens is 2. The summed E-state index contributed by atoms with van der Waals surface area (Å²) in [4.78, 5) is 45.6. The Morgan fingerprint density at radius 1 is 0.909 bits per heavy atom. The van der Waals surface area contributed by atoms with Gasteiger partial charge in [0.2, 0.25) is 0 Å². The first kappa shape index (κ1) is 28.0. The van der Waals surface area contributed by atoms with E-state index < -0.39 is 17.9 Å². The second kappa shape index (κ2) is 11.4. The zero-order valence-corrected chi connectivity index (χ0v) is 24.7. The normalized spacial score (nSPS) is 16.5. The average Bonchev–Trinajstić information content (AvgIpc) is 3.68. The van der Waals surface area contributed by atoms with Crippen LogP contribution in [0.25, 0.3) is 22.3 Å². The highest BCUT2D eigenvalue weighted by Crippen LogP contribution is 2.40. The Hall–Kier alpha value is -4.80. The Kier molecular flexibility index (Phi) is 7.23. The molecule has 0 aliphatic carbocycles. The summed E-state index contributed by atoms with van der Waals surface area (Å²) in [6.45, 7) is 1.07. The molecule has 220 valence electrons. The number of hydrogen-bond donors (Lipinski definition) is 2. The van der Waals surface area contributed by atoms with Crippen LogP contribution in [0.4, 0.5) is 5.69 Å². The van der Waals surface area contributed by atoms with Crippen molar-refractivity contribution in [2.45, 2.75) is 24.9 Å². The van der Waals surface area contributed by atoms with Crippen molar-refractivity contribution >= 4 is 57.5 Å². The van der Waals surface area contributed by atoms with Gasteiger partial charge in [0, 0.05) is 35.2 Å². The predicted octanol–water partition coefficient (Wildman–Crippen LogP) is 5.70. The van der Waals surface area contributed by atoms with Gasteiger partial charge >= 0.3 is 0 Å². The summed E-state index contributed by atoms with van der Waals surface area (Å²) in [5.41, 5.74) is 3.94. The van der Waals surface area contributed by atoms with Crippen molar-refractivity contribution in [2.75, 3.05) is 18.4 Å². The molecule has 2 aromatic heterocycles. The molecular weight excluding hydrogens is 601 g/mol. The number of benzene rings is 3. The van der Waals surface area contributed by atoms with E-state index in [1.165, 1.54) is 0 Å². The molecule has 2 N–H and O–H groups in total. The number of carbonyl (C=O) groups excluding carboxylic acids is 3. The molecule has 0 bridgehead atoms. The Morgan fingerprint density at radius 2 is 1.70 bits per heavy atom. The maximum absolute atomic E-state index is 13.4. The van der Waals surface area contributed by atoms with Crippen molar-refractivity contribution in [1.29, 1.82) is 0 Å². The van der Waals surface area contributed by atoms with Gasteiger partial charge in [-0.3, -0.25) is 14.4 Å². The molecular formula is C32H25Cl2N7O3. The minimum atomic E-state index is -0.931. The first-order valence-electron chi connectivity index (χ1n) is 14.1. The number of nitrogens with zero attached hydrogens (tertiary/aromatic N) is 5. The maximum Gasteiger partial charge on any atom is 0.253 e. The van der Waals surface area contributed by atoms with Crippen molar-refractivity contribution in [1.82, 2.24) is 30.2 Å². The lowest BCUT2D eigenvalue weighted by atomic mass is 10.0. The van der Waals surface area contributed by atoms with Crippen LogP contribution >= 0.6 is 23.2 Å². The number of carbonyl (C=O) groups is 3. The van der Waals surface area contributed by atoms with Gasteiger partial charge in [-0.2, -0.15) is 0 Å². The molecule has 4 heterocycles. The molecule has 2 aliphatic rings. The molecule has 12 heteroatoms. The van der Waals surface area contributed by atoms with Crippen molar-refractivity contribution in [3.05, 3.63) is 106 Å². The van der Waals surface area contributed by atoms with E-state index in [0.717, 1.165) is 16.6 Å². The Labute approximate surface area is 262 Å². The van der Waals surface area contributed by atoms with Crippen LogP contribution in [0.2, 0.25) is 10.0 Å².